The van der Waals surface area contributed by atoms with Crippen LogP contribution in [-0.4, -0.2) is 27.8 Å². The summed E-state index contributed by atoms with van der Waals surface area (Å²) in [7, 11) is 0. The maximum atomic E-state index is 11.7. The molecule has 1 aromatic heterocycles. The number of nitrogens with one attached hydrogen (secondary N) is 2. The van der Waals surface area contributed by atoms with Gasteiger partial charge in [0.1, 0.15) is 0 Å². The molecule has 0 bridgehead atoms. The van der Waals surface area contributed by atoms with E-state index in [1.807, 2.05) is 31.2 Å². The summed E-state index contributed by atoms with van der Waals surface area (Å²) in [6.07, 6.45) is 1.53. The first-order valence-electron chi connectivity index (χ1n) is 8.22. The van der Waals surface area contributed by atoms with E-state index in [1.54, 1.807) is 31.2 Å². The van der Waals surface area contributed by atoms with Crippen molar-refractivity contribution in [3.63, 3.8) is 0 Å². The van der Waals surface area contributed by atoms with Crippen LogP contribution in [0.3, 0.4) is 0 Å². The fourth-order valence-electron chi connectivity index (χ4n) is 2.30. The number of rotatable bonds is 6. The highest BCUT2D eigenvalue weighted by Crippen LogP contribution is 2.19. The summed E-state index contributed by atoms with van der Waals surface area (Å²) in [5.74, 6) is 0.597. The van der Waals surface area contributed by atoms with Gasteiger partial charge in [0.05, 0.1) is 18.4 Å². The van der Waals surface area contributed by atoms with Crippen LogP contribution in [0, 0.1) is 6.92 Å². The molecule has 0 spiro atoms. The van der Waals surface area contributed by atoms with Crippen LogP contribution >= 0.6 is 0 Å². The second kappa shape index (κ2) is 8.06. The Labute approximate surface area is 151 Å². The number of benzene rings is 2. The van der Waals surface area contributed by atoms with E-state index >= 15 is 0 Å². The fraction of sp³-hybridized carbons (Fsp3) is 0.158. The molecule has 2 N–H and O–H groups in total. The van der Waals surface area contributed by atoms with Gasteiger partial charge >= 0.3 is 5.97 Å². The molecule has 0 atom stereocenters. The summed E-state index contributed by atoms with van der Waals surface area (Å²) in [6.45, 7) is 4.13. The molecule has 3 rings (SSSR count). The molecule has 2 aromatic carbocycles. The fourth-order valence-corrected chi connectivity index (χ4v) is 2.30. The first-order chi connectivity index (χ1) is 12.7. The molecule has 7 nitrogen and oxygen atoms in total. The summed E-state index contributed by atoms with van der Waals surface area (Å²) in [5.41, 5.74) is 3.29. The van der Waals surface area contributed by atoms with Gasteiger partial charge in [-0.2, -0.15) is 10.1 Å². The number of nitrogens with zero attached hydrogens (tertiary/aromatic N) is 3. The average molecular weight is 349 g/mol. The van der Waals surface area contributed by atoms with Crippen molar-refractivity contribution in [2.75, 3.05) is 17.2 Å². The highest BCUT2D eigenvalue weighted by atomic mass is 16.5. The minimum absolute atomic E-state index is 0.340. The van der Waals surface area contributed by atoms with Gasteiger partial charge < -0.3 is 15.4 Å². The molecule has 0 unspecified atom stereocenters. The van der Waals surface area contributed by atoms with Gasteiger partial charge in [-0.05, 0) is 49.7 Å². The average Bonchev–Trinajstić information content (AvgIpc) is 2.65. The van der Waals surface area contributed by atoms with Crippen molar-refractivity contribution in [3.8, 4) is 0 Å². The lowest BCUT2D eigenvalue weighted by Crippen LogP contribution is -2.05. The van der Waals surface area contributed by atoms with E-state index in [4.69, 9.17) is 4.74 Å². The van der Waals surface area contributed by atoms with E-state index in [1.165, 1.54) is 6.20 Å². The Kier molecular flexibility index (Phi) is 5.38. The summed E-state index contributed by atoms with van der Waals surface area (Å²) in [5, 5.41) is 14.3. The molecule has 0 aliphatic rings. The van der Waals surface area contributed by atoms with Crippen LogP contribution in [0.4, 0.5) is 23.1 Å². The third kappa shape index (κ3) is 4.32. The van der Waals surface area contributed by atoms with Crippen molar-refractivity contribution in [1.29, 1.82) is 0 Å². The Balaban J connectivity index is 1.71. The predicted octanol–water partition coefficient (Wildman–Crippen LogP) is 3.84. The summed E-state index contributed by atoms with van der Waals surface area (Å²) in [4.78, 5) is 16.1. The van der Waals surface area contributed by atoms with Gasteiger partial charge in [0.2, 0.25) is 5.95 Å². The van der Waals surface area contributed by atoms with Crippen LogP contribution in [-0.2, 0) is 4.74 Å². The second-order valence-electron chi connectivity index (χ2n) is 5.53. The van der Waals surface area contributed by atoms with Crippen molar-refractivity contribution in [1.82, 2.24) is 15.2 Å². The van der Waals surface area contributed by atoms with Gasteiger partial charge in [-0.25, -0.2) is 4.79 Å². The highest BCUT2D eigenvalue weighted by Gasteiger charge is 2.07. The van der Waals surface area contributed by atoms with E-state index in [9.17, 15) is 4.79 Å². The van der Waals surface area contributed by atoms with Crippen LogP contribution in [0.2, 0.25) is 0 Å². The third-order valence-electron chi connectivity index (χ3n) is 3.62. The number of hydrogen-bond donors (Lipinski definition) is 2. The Hall–Kier alpha value is -3.48. The van der Waals surface area contributed by atoms with Crippen molar-refractivity contribution in [2.24, 2.45) is 0 Å². The number of carbonyl (C=O) groups excluding carboxylic acids is 1. The Morgan fingerprint density at radius 1 is 1.08 bits per heavy atom. The molecule has 26 heavy (non-hydrogen) atoms. The van der Waals surface area contributed by atoms with Crippen LogP contribution in [0.1, 0.15) is 22.8 Å². The number of aryl methyl sites for hydroxylation is 1. The Bertz CT molecular complexity index is 896. The maximum Gasteiger partial charge on any atom is 0.338 e. The number of para-hydroxylation sites is 1. The highest BCUT2D eigenvalue weighted by molar-refractivity contribution is 5.89. The Morgan fingerprint density at radius 3 is 2.58 bits per heavy atom. The summed E-state index contributed by atoms with van der Waals surface area (Å²) < 4.78 is 4.97. The minimum atomic E-state index is -0.340. The zero-order valence-corrected chi connectivity index (χ0v) is 14.6. The van der Waals surface area contributed by atoms with Crippen molar-refractivity contribution >= 4 is 29.1 Å². The normalized spacial score (nSPS) is 10.2. The molecule has 3 aromatic rings. The molecule has 0 aliphatic heterocycles. The number of anilines is 4. The van der Waals surface area contributed by atoms with Gasteiger partial charge in [-0.15, -0.1) is 5.10 Å². The second-order valence-corrected chi connectivity index (χ2v) is 5.53. The smallest absolute Gasteiger partial charge is 0.338 e. The number of carbonyl (C=O) groups is 1. The molecule has 0 amide bonds. The van der Waals surface area contributed by atoms with Gasteiger partial charge in [0.15, 0.2) is 5.82 Å². The lowest BCUT2D eigenvalue weighted by molar-refractivity contribution is 0.0526. The molecule has 0 aliphatic carbocycles. The molecule has 0 saturated carbocycles. The first-order valence-corrected chi connectivity index (χ1v) is 8.22. The Morgan fingerprint density at radius 2 is 1.85 bits per heavy atom. The maximum absolute atomic E-state index is 11.7. The number of ether oxygens (including phenoxy) is 1. The molecule has 132 valence electrons. The quantitative estimate of drug-likeness (QED) is 0.653. The van der Waals surface area contributed by atoms with Crippen molar-refractivity contribution < 1.29 is 9.53 Å². The van der Waals surface area contributed by atoms with E-state index < -0.39 is 0 Å². The number of esters is 1. The zero-order valence-electron chi connectivity index (χ0n) is 14.6. The lowest BCUT2D eigenvalue weighted by Gasteiger charge is -2.09. The SMILES string of the molecule is CCOC(=O)c1ccc(Nc2cnnc(Nc3ccccc3C)n2)cc1. The predicted molar refractivity (Wildman–Crippen MR) is 100.0 cm³/mol. The third-order valence-corrected chi connectivity index (χ3v) is 3.62. The largest absolute Gasteiger partial charge is 0.462 e. The monoisotopic (exact) mass is 349 g/mol. The summed E-state index contributed by atoms with van der Waals surface area (Å²) in [6, 6.07) is 14.8. The van der Waals surface area contributed by atoms with Crippen LogP contribution < -0.4 is 10.6 Å². The van der Waals surface area contributed by atoms with Crippen LogP contribution in [0.15, 0.2) is 54.7 Å². The van der Waals surface area contributed by atoms with Gasteiger partial charge in [-0.3, -0.25) is 0 Å². The molecule has 0 saturated heterocycles. The van der Waals surface area contributed by atoms with Gasteiger partial charge in [0.25, 0.3) is 0 Å². The molecule has 0 fully saturated rings. The minimum Gasteiger partial charge on any atom is -0.462 e. The number of aromatic nitrogens is 3. The molecule has 0 radical (unpaired) electrons. The van der Waals surface area contributed by atoms with Crippen LogP contribution in [0.5, 0.6) is 0 Å². The molecular formula is C19H19N5O2. The van der Waals surface area contributed by atoms with Crippen molar-refractivity contribution in [3.05, 3.63) is 65.9 Å². The number of hydrogen-bond acceptors (Lipinski definition) is 7. The van der Waals surface area contributed by atoms with Crippen molar-refractivity contribution in [2.45, 2.75) is 13.8 Å². The zero-order chi connectivity index (χ0) is 18.4. The van der Waals surface area contributed by atoms with E-state index in [2.05, 4.69) is 25.8 Å². The van der Waals surface area contributed by atoms with E-state index in [0.29, 0.717) is 23.9 Å². The van der Waals surface area contributed by atoms with Gasteiger partial charge in [0, 0.05) is 11.4 Å². The summed E-state index contributed by atoms with van der Waals surface area (Å²) >= 11 is 0. The molecule has 7 heteroatoms. The van der Waals surface area contributed by atoms with E-state index in [-0.39, 0.29) is 5.97 Å². The van der Waals surface area contributed by atoms with Crippen LogP contribution in [0.25, 0.3) is 0 Å². The van der Waals surface area contributed by atoms with Gasteiger partial charge in [-0.1, -0.05) is 18.2 Å². The molecule has 1 heterocycles. The van der Waals surface area contributed by atoms with E-state index in [0.717, 1.165) is 16.9 Å². The standard InChI is InChI=1S/C19H19N5O2/c1-3-26-18(25)14-8-10-15(11-9-14)21-17-12-20-24-19(23-17)22-16-7-5-4-6-13(16)2/h4-12H,3H2,1-2H3,(H2,21,22,23,24). The lowest BCUT2D eigenvalue weighted by atomic mass is 10.2. The first kappa shape index (κ1) is 17.3. The molecular weight excluding hydrogens is 330 g/mol. The topological polar surface area (TPSA) is 89.0 Å².